The van der Waals surface area contributed by atoms with E-state index < -0.39 is 5.60 Å². The Kier molecular flexibility index (Phi) is 9.07. The Morgan fingerprint density at radius 1 is 0.661 bits per heavy atom. The molecule has 4 nitrogen and oxygen atoms in total. The van der Waals surface area contributed by atoms with Gasteiger partial charge in [0.15, 0.2) is 5.60 Å². The summed E-state index contributed by atoms with van der Waals surface area (Å²) in [5.41, 5.74) is 13.1. The maximum Gasteiger partial charge on any atom is 0.178 e. The molecule has 1 unspecified atom stereocenters. The van der Waals surface area contributed by atoms with Crippen LogP contribution in [-0.2, 0) is 26.9 Å². The second-order valence-electron chi connectivity index (χ2n) is 16.2. The Morgan fingerprint density at radius 2 is 1.32 bits per heavy atom. The fraction of sp³-hybridized carbons (Fsp3) is 0.308. The van der Waals surface area contributed by atoms with Crippen molar-refractivity contribution in [3.63, 3.8) is 0 Å². The van der Waals surface area contributed by atoms with E-state index in [1.54, 1.807) is 0 Å². The topological polar surface area (TPSA) is 30.9 Å². The molecule has 0 spiro atoms. The maximum atomic E-state index is 7.84. The SMILES string of the molecule is CCC1(CC)c2ccccc2-c2c1c1c(c3cc(N4CCOCC4)ccc23)OC(c2ccc(CC3CCOCC3)cc2)(c2ccc(-c3ccccc3)cc2)C=C1. The van der Waals surface area contributed by atoms with Gasteiger partial charge in [0.25, 0.3) is 0 Å². The van der Waals surface area contributed by atoms with Gasteiger partial charge in [0.2, 0.25) is 0 Å². The first-order valence-electron chi connectivity index (χ1n) is 20.9. The van der Waals surface area contributed by atoms with Gasteiger partial charge >= 0.3 is 0 Å². The van der Waals surface area contributed by atoms with Gasteiger partial charge in [0.05, 0.1) is 13.2 Å². The van der Waals surface area contributed by atoms with Gasteiger partial charge in [-0.3, -0.25) is 0 Å². The van der Waals surface area contributed by atoms with E-state index in [1.165, 1.54) is 61.0 Å². The molecule has 2 saturated heterocycles. The lowest BCUT2D eigenvalue weighted by Gasteiger charge is -2.39. The first-order chi connectivity index (χ1) is 27.6. The number of rotatable bonds is 8. The van der Waals surface area contributed by atoms with Crippen LogP contribution in [0.1, 0.15) is 72.9 Å². The number of ether oxygens (including phenoxy) is 3. The van der Waals surface area contributed by atoms with Crippen LogP contribution in [0, 0.1) is 5.92 Å². The average Bonchev–Trinajstić information content (AvgIpc) is 3.58. The molecule has 0 amide bonds. The Labute approximate surface area is 331 Å². The number of hydrogen-bond acceptors (Lipinski definition) is 4. The molecule has 1 aliphatic carbocycles. The monoisotopic (exact) mass is 737 g/mol. The molecule has 4 heteroatoms. The highest BCUT2D eigenvalue weighted by Crippen LogP contribution is 2.60. The Balaban J connectivity index is 1.18. The van der Waals surface area contributed by atoms with Crippen molar-refractivity contribution in [1.29, 1.82) is 0 Å². The zero-order valence-corrected chi connectivity index (χ0v) is 32.7. The summed E-state index contributed by atoms with van der Waals surface area (Å²) in [4.78, 5) is 2.46. The van der Waals surface area contributed by atoms with Gasteiger partial charge in [-0.1, -0.05) is 129 Å². The van der Waals surface area contributed by atoms with Crippen molar-refractivity contribution in [2.24, 2.45) is 5.92 Å². The molecule has 0 saturated carbocycles. The maximum absolute atomic E-state index is 7.84. The number of morpholine rings is 1. The summed E-state index contributed by atoms with van der Waals surface area (Å²) in [5.74, 6) is 1.65. The van der Waals surface area contributed by atoms with Crippen molar-refractivity contribution in [3.8, 4) is 28.0 Å². The molecule has 282 valence electrons. The van der Waals surface area contributed by atoms with Crippen molar-refractivity contribution in [2.75, 3.05) is 44.4 Å². The summed E-state index contributed by atoms with van der Waals surface area (Å²) in [7, 11) is 0. The second-order valence-corrected chi connectivity index (χ2v) is 16.2. The molecule has 1 atom stereocenters. The molecule has 0 bridgehead atoms. The van der Waals surface area contributed by atoms with Crippen molar-refractivity contribution in [1.82, 2.24) is 0 Å². The van der Waals surface area contributed by atoms with Crippen molar-refractivity contribution in [2.45, 2.75) is 57.0 Å². The zero-order chi connectivity index (χ0) is 37.7. The van der Waals surface area contributed by atoms with Gasteiger partial charge < -0.3 is 19.1 Å². The number of hydrogen-bond donors (Lipinski definition) is 0. The van der Waals surface area contributed by atoms with Crippen LogP contribution in [0.5, 0.6) is 5.75 Å². The van der Waals surface area contributed by atoms with E-state index in [4.69, 9.17) is 14.2 Å². The van der Waals surface area contributed by atoms with E-state index >= 15 is 0 Å². The summed E-state index contributed by atoms with van der Waals surface area (Å²) in [6.07, 6.45) is 10.2. The molecule has 3 aliphatic heterocycles. The minimum atomic E-state index is -0.831. The molecule has 6 aromatic carbocycles. The number of benzene rings is 6. The lowest BCUT2D eigenvalue weighted by Crippen LogP contribution is -2.36. The predicted molar refractivity (Wildman–Crippen MR) is 230 cm³/mol. The van der Waals surface area contributed by atoms with Gasteiger partial charge in [-0.05, 0) is 101 Å². The van der Waals surface area contributed by atoms with Crippen LogP contribution >= 0.6 is 0 Å². The van der Waals surface area contributed by atoms with E-state index in [0.29, 0.717) is 5.92 Å². The lowest BCUT2D eigenvalue weighted by molar-refractivity contribution is 0.0665. The van der Waals surface area contributed by atoms with Gasteiger partial charge in [0, 0.05) is 59.5 Å². The van der Waals surface area contributed by atoms with Crippen molar-refractivity contribution >= 4 is 22.5 Å². The van der Waals surface area contributed by atoms with Crippen LogP contribution in [0.3, 0.4) is 0 Å². The fourth-order valence-electron chi connectivity index (χ4n) is 10.4. The lowest BCUT2D eigenvalue weighted by atomic mass is 9.71. The predicted octanol–water partition coefficient (Wildman–Crippen LogP) is 11.7. The number of nitrogens with zero attached hydrogens (tertiary/aromatic N) is 1. The summed E-state index contributed by atoms with van der Waals surface area (Å²) in [6.45, 7) is 9.73. The Morgan fingerprint density at radius 3 is 2.05 bits per heavy atom. The minimum Gasteiger partial charge on any atom is -0.472 e. The van der Waals surface area contributed by atoms with E-state index in [1.807, 2.05) is 0 Å². The standard InChI is InChI=1S/C52H51NO3/c1-3-51(4-2)47-13-9-8-12-44(47)48-43-23-22-42(53-28-32-55-33-29-53)35-46(43)50-45(49(48)51)24-27-52(56-50,41-20-16-39(17-21-41)38-10-6-5-7-11-38)40-18-14-36(15-19-40)34-37-25-30-54-31-26-37/h5-24,27,35,37H,3-4,25-26,28-34H2,1-2H3. The Hall–Kier alpha value is -5.16. The van der Waals surface area contributed by atoms with Crippen molar-refractivity contribution in [3.05, 3.63) is 161 Å². The molecular formula is C52H51NO3. The fourth-order valence-corrected chi connectivity index (χ4v) is 10.4. The van der Waals surface area contributed by atoms with E-state index in [2.05, 4.69) is 152 Å². The molecule has 0 radical (unpaired) electrons. The summed E-state index contributed by atoms with van der Waals surface area (Å²) >= 11 is 0. The van der Waals surface area contributed by atoms with Crippen LogP contribution < -0.4 is 9.64 Å². The largest absolute Gasteiger partial charge is 0.472 e. The van der Waals surface area contributed by atoms with Gasteiger partial charge in [-0.25, -0.2) is 0 Å². The van der Waals surface area contributed by atoms with E-state index in [-0.39, 0.29) is 5.41 Å². The van der Waals surface area contributed by atoms with Crippen LogP contribution in [0.25, 0.3) is 39.1 Å². The molecule has 2 fully saturated rings. The van der Waals surface area contributed by atoms with Gasteiger partial charge in [-0.2, -0.15) is 0 Å². The summed E-state index contributed by atoms with van der Waals surface area (Å²) in [6, 6.07) is 45.3. The first-order valence-corrected chi connectivity index (χ1v) is 20.9. The van der Waals surface area contributed by atoms with E-state index in [9.17, 15) is 0 Å². The molecule has 0 aromatic heterocycles. The van der Waals surface area contributed by atoms with Gasteiger partial charge in [-0.15, -0.1) is 0 Å². The molecular weight excluding hydrogens is 687 g/mol. The third-order valence-corrected chi connectivity index (χ3v) is 13.5. The van der Waals surface area contributed by atoms with E-state index in [0.717, 1.165) is 88.5 Å². The smallest absolute Gasteiger partial charge is 0.178 e. The van der Waals surface area contributed by atoms with Crippen molar-refractivity contribution < 1.29 is 14.2 Å². The van der Waals surface area contributed by atoms with Crippen LogP contribution in [0.4, 0.5) is 5.69 Å². The zero-order valence-electron chi connectivity index (χ0n) is 32.7. The molecule has 0 N–H and O–H groups in total. The second kappa shape index (κ2) is 14.4. The summed E-state index contributed by atoms with van der Waals surface area (Å²) in [5, 5.41) is 2.44. The first kappa shape index (κ1) is 35.3. The molecule has 6 aromatic rings. The molecule has 56 heavy (non-hydrogen) atoms. The average molecular weight is 738 g/mol. The third-order valence-electron chi connectivity index (χ3n) is 13.5. The van der Waals surface area contributed by atoms with Crippen LogP contribution in [-0.4, -0.2) is 39.5 Å². The third kappa shape index (κ3) is 5.72. The van der Waals surface area contributed by atoms with Gasteiger partial charge in [0.1, 0.15) is 5.75 Å². The molecule has 3 heterocycles. The Bertz CT molecular complexity index is 2400. The highest BCUT2D eigenvalue weighted by molar-refractivity contribution is 6.09. The molecule has 10 rings (SSSR count). The van der Waals surface area contributed by atoms with Crippen LogP contribution in [0.15, 0.2) is 127 Å². The highest BCUT2D eigenvalue weighted by atomic mass is 16.5. The normalized spacial score (nSPS) is 20.0. The number of fused-ring (bicyclic) bond motifs is 8. The highest BCUT2D eigenvalue weighted by Gasteiger charge is 2.47. The minimum absolute atomic E-state index is 0.107. The molecule has 4 aliphatic rings. The number of anilines is 1. The quantitative estimate of drug-likeness (QED) is 0.156. The van der Waals surface area contributed by atoms with Crippen LogP contribution in [0.2, 0.25) is 0 Å². The summed E-state index contributed by atoms with van der Waals surface area (Å²) < 4.78 is 19.3.